The van der Waals surface area contributed by atoms with Crippen molar-refractivity contribution < 1.29 is 9.90 Å². The lowest BCUT2D eigenvalue weighted by Gasteiger charge is -2.28. The zero-order valence-corrected chi connectivity index (χ0v) is 8.68. The predicted octanol–water partition coefficient (Wildman–Crippen LogP) is 1.39. The van der Waals surface area contributed by atoms with Crippen molar-refractivity contribution in [2.75, 3.05) is 14.1 Å². The van der Waals surface area contributed by atoms with Crippen molar-refractivity contribution in [1.29, 1.82) is 0 Å². The molecule has 0 aromatic carbocycles. The van der Waals surface area contributed by atoms with Crippen LogP contribution in [0.2, 0.25) is 0 Å². The summed E-state index contributed by atoms with van der Waals surface area (Å²) in [6.45, 7) is 3.90. The van der Waals surface area contributed by atoms with Crippen molar-refractivity contribution >= 4 is 18.4 Å². The molecular weight excluding hydrogens is 178 g/mol. The van der Waals surface area contributed by atoms with Gasteiger partial charge in [-0.1, -0.05) is 6.08 Å². The summed E-state index contributed by atoms with van der Waals surface area (Å²) in [5, 5.41) is 8.35. The smallest absolute Gasteiger partial charge is 0.328 e. The maximum Gasteiger partial charge on any atom is 0.328 e. The fraction of sp³-hybridized carbons (Fsp3) is 0.625. The molecule has 72 valence electrons. The van der Waals surface area contributed by atoms with Gasteiger partial charge in [-0.25, -0.2) is 4.79 Å². The van der Waals surface area contributed by atoms with Crippen LogP contribution in [0, 0.1) is 0 Å². The highest BCUT2D eigenvalue weighted by Gasteiger charge is 2.15. The molecular formula is C8H16ClNO2. The Morgan fingerprint density at radius 3 is 2.08 bits per heavy atom. The van der Waals surface area contributed by atoms with E-state index in [-0.39, 0.29) is 17.9 Å². The summed E-state index contributed by atoms with van der Waals surface area (Å²) in [6.07, 6.45) is 2.83. The maximum absolute atomic E-state index is 10.2. The zero-order chi connectivity index (χ0) is 9.07. The summed E-state index contributed by atoms with van der Waals surface area (Å²) in [5.41, 5.74) is -0.196. The Kier molecular flexibility index (Phi) is 6.03. The lowest BCUT2D eigenvalue weighted by atomic mass is 10.0. The van der Waals surface area contributed by atoms with Crippen molar-refractivity contribution in [2.45, 2.75) is 19.4 Å². The highest BCUT2D eigenvalue weighted by molar-refractivity contribution is 5.85. The van der Waals surface area contributed by atoms with Gasteiger partial charge in [-0.3, -0.25) is 0 Å². The van der Waals surface area contributed by atoms with E-state index in [1.807, 2.05) is 32.8 Å². The fourth-order valence-electron chi connectivity index (χ4n) is 0.424. The van der Waals surface area contributed by atoms with E-state index in [2.05, 4.69) is 0 Å². The van der Waals surface area contributed by atoms with E-state index in [1.54, 1.807) is 6.08 Å². The number of halogens is 1. The molecule has 0 fully saturated rings. The van der Waals surface area contributed by atoms with E-state index in [1.165, 1.54) is 6.08 Å². The first-order valence-electron chi connectivity index (χ1n) is 3.46. The Bertz CT molecular complexity index is 176. The first-order valence-corrected chi connectivity index (χ1v) is 3.46. The van der Waals surface area contributed by atoms with Crippen molar-refractivity contribution in [3.8, 4) is 0 Å². The largest absolute Gasteiger partial charge is 0.478 e. The third-order valence-corrected chi connectivity index (χ3v) is 1.79. The number of nitrogens with zero attached hydrogens (tertiary/aromatic N) is 1. The molecule has 0 radical (unpaired) electrons. The van der Waals surface area contributed by atoms with Gasteiger partial charge in [-0.05, 0) is 27.9 Å². The molecule has 0 aromatic heterocycles. The number of rotatable bonds is 3. The monoisotopic (exact) mass is 193 g/mol. The molecule has 3 nitrogen and oxygen atoms in total. The molecule has 0 heterocycles. The van der Waals surface area contributed by atoms with E-state index in [0.29, 0.717) is 0 Å². The summed E-state index contributed by atoms with van der Waals surface area (Å²) in [7, 11) is 3.82. The number of carbonyl (C=O) groups is 1. The van der Waals surface area contributed by atoms with E-state index in [4.69, 9.17) is 5.11 Å². The van der Waals surface area contributed by atoms with Crippen LogP contribution in [-0.4, -0.2) is 35.6 Å². The highest BCUT2D eigenvalue weighted by atomic mass is 35.5. The second kappa shape index (κ2) is 5.17. The van der Waals surface area contributed by atoms with Gasteiger partial charge in [-0.2, -0.15) is 0 Å². The fourth-order valence-corrected chi connectivity index (χ4v) is 0.424. The summed E-state index contributed by atoms with van der Waals surface area (Å²) in [6, 6.07) is 0. The van der Waals surface area contributed by atoms with Crippen LogP contribution >= 0.6 is 12.4 Å². The van der Waals surface area contributed by atoms with E-state index in [0.717, 1.165) is 0 Å². The van der Waals surface area contributed by atoms with Crippen molar-refractivity contribution in [3.63, 3.8) is 0 Å². The molecule has 0 aliphatic carbocycles. The summed E-state index contributed by atoms with van der Waals surface area (Å²) in [4.78, 5) is 12.1. The number of carboxylic acid groups (broad SMARTS) is 1. The summed E-state index contributed by atoms with van der Waals surface area (Å²) in [5.74, 6) is -0.903. The Morgan fingerprint density at radius 1 is 1.42 bits per heavy atom. The molecule has 0 aliphatic heterocycles. The van der Waals surface area contributed by atoms with Gasteiger partial charge in [0.1, 0.15) is 0 Å². The van der Waals surface area contributed by atoms with Gasteiger partial charge in [0.15, 0.2) is 0 Å². The molecule has 0 aromatic rings. The van der Waals surface area contributed by atoms with Crippen LogP contribution in [0.5, 0.6) is 0 Å². The standard InChI is InChI=1S/C8H15NO2.ClH/c1-8(2,9(3)4)6-5-7(10)11;/h5-6H,1-4H3,(H,10,11);1H. The Labute approximate surface area is 79.5 Å². The van der Waals surface area contributed by atoms with Crippen LogP contribution in [0.4, 0.5) is 0 Å². The number of carboxylic acids is 1. The van der Waals surface area contributed by atoms with Gasteiger partial charge in [0, 0.05) is 11.6 Å². The van der Waals surface area contributed by atoms with Crippen LogP contribution in [0.1, 0.15) is 13.8 Å². The average Bonchev–Trinajstić information content (AvgIpc) is 1.84. The molecule has 4 heteroatoms. The lowest BCUT2D eigenvalue weighted by molar-refractivity contribution is -0.131. The molecule has 0 bridgehead atoms. The second-order valence-corrected chi connectivity index (χ2v) is 3.22. The maximum atomic E-state index is 10.2. The lowest BCUT2D eigenvalue weighted by Crippen LogP contribution is -2.35. The molecule has 0 amide bonds. The van der Waals surface area contributed by atoms with Crippen molar-refractivity contribution in [3.05, 3.63) is 12.2 Å². The number of hydrogen-bond donors (Lipinski definition) is 1. The molecule has 0 spiro atoms. The molecule has 0 saturated heterocycles. The minimum absolute atomic E-state index is 0. The summed E-state index contributed by atoms with van der Waals surface area (Å²) >= 11 is 0. The quantitative estimate of drug-likeness (QED) is 0.689. The molecule has 12 heavy (non-hydrogen) atoms. The van der Waals surface area contributed by atoms with E-state index < -0.39 is 5.97 Å². The van der Waals surface area contributed by atoms with Crippen LogP contribution < -0.4 is 0 Å². The van der Waals surface area contributed by atoms with Gasteiger partial charge in [0.05, 0.1) is 0 Å². The van der Waals surface area contributed by atoms with Gasteiger partial charge in [-0.15, -0.1) is 12.4 Å². The van der Waals surface area contributed by atoms with Gasteiger partial charge >= 0.3 is 5.97 Å². The van der Waals surface area contributed by atoms with Crippen LogP contribution in [0.25, 0.3) is 0 Å². The summed E-state index contributed by atoms with van der Waals surface area (Å²) < 4.78 is 0. The number of hydrogen-bond acceptors (Lipinski definition) is 2. The van der Waals surface area contributed by atoms with Crippen LogP contribution in [-0.2, 0) is 4.79 Å². The van der Waals surface area contributed by atoms with Crippen LogP contribution in [0.3, 0.4) is 0 Å². The van der Waals surface area contributed by atoms with Crippen molar-refractivity contribution in [2.24, 2.45) is 0 Å². The number of likely N-dealkylation sites (N-methyl/N-ethyl adjacent to an activating group) is 1. The third-order valence-electron chi connectivity index (χ3n) is 1.79. The van der Waals surface area contributed by atoms with Gasteiger partial charge in [0.2, 0.25) is 0 Å². The topological polar surface area (TPSA) is 40.5 Å². The van der Waals surface area contributed by atoms with E-state index >= 15 is 0 Å². The molecule has 0 atom stereocenters. The Hall–Kier alpha value is -0.540. The molecule has 0 aliphatic rings. The minimum atomic E-state index is -0.903. The first-order chi connectivity index (χ1) is 4.86. The molecule has 0 unspecified atom stereocenters. The first kappa shape index (κ1) is 14.0. The Balaban J connectivity index is 0. The molecule has 0 saturated carbocycles. The number of aliphatic carboxylic acids is 1. The highest BCUT2D eigenvalue weighted by Crippen LogP contribution is 2.10. The van der Waals surface area contributed by atoms with Crippen LogP contribution in [0.15, 0.2) is 12.2 Å². The molecule has 1 N–H and O–H groups in total. The normalized spacial score (nSPS) is 11.8. The van der Waals surface area contributed by atoms with Gasteiger partial charge < -0.3 is 10.0 Å². The molecule has 0 rings (SSSR count). The zero-order valence-electron chi connectivity index (χ0n) is 7.87. The minimum Gasteiger partial charge on any atom is -0.478 e. The second-order valence-electron chi connectivity index (χ2n) is 3.22. The third kappa shape index (κ3) is 5.16. The Morgan fingerprint density at radius 2 is 1.83 bits per heavy atom. The average molecular weight is 194 g/mol. The SMILES string of the molecule is CN(C)C(C)(C)C=CC(=O)O.Cl. The van der Waals surface area contributed by atoms with Crippen molar-refractivity contribution in [1.82, 2.24) is 4.90 Å². The van der Waals surface area contributed by atoms with E-state index in [9.17, 15) is 4.79 Å². The van der Waals surface area contributed by atoms with Gasteiger partial charge in [0.25, 0.3) is 0 Å². The predicted molar refractivity (Wildman–Crippen MR) is 51.8 cm³/mol.